The van der Waals surface area contributed by atoms with Gasteiger partial charge in [0, 0.05) is 24.3 Å². The Morgan fingerprint density at radius 2 is 2.06 bits per heavy atom. The van der Waals surface area contributed by atoms with Crippen LogP contribution in [0, 0.1) is 5.41 Å². The number of rotatable bonds is 6. The Hall–Kier alpha value is -1.22. The first-order chi connectivity index (χ1) is 8.02. The standard InChI is InChI=1S/C14H23NO2/c1-5-11-8-12(6-7-13(11)17-4)15-9-14(2,3)10-16/h6-8,15-16H,5,9-10H2,1-4H3. The fourth-order valence-corrected chi connectivity index (χ4v) is 1.56. The molecule has 0 atom stereocenters. The molecule has 0 unspecified atom stereocenters. The SMILES string of the molecule is CCc1cc(NCC(C)(C)CO)ccc1OC. The zero-order chi connectivity index (χ0) is 12.9. The molecule has 0 saturated heterocycles. The topological polar surface area (TPSA) is 41.5 Å². The van der Waals surface area contributed by atoms with Crippen molar-refractivity contribution < 1.29 is 9.84 Å². The highest BCUT2D eigenvalue weighted by Gasteiger charge is 2.15. The second kappa shape index (κ2) is 5.92. The van der Waals surface area contributed by atoms with E-state index in [0.29, 0.717) is 0 Å². The Balaban J connectivity index is 2.73. The van der Waals surface area contributed by atoms with E-state index in [4.69, 9.17) is 4.74 Å². The van der Waals surface area contributed by atoms with Crippen molar-refractivity contribution >= 4 is 5.69 Å². The molecular formula is C14H23NO2. The molecule has 1 rings (SSSR count). The lowest BCUT2D eigenvalue weighted by Crippen LogP contribution is -2.26. The van der Waals surface area contributed by atoms with E-state index in [9.17, 15) is 5.11 Å². The monoisotopic (exact) mass is 237 g/mol. The van der Waals surface area contributed by atoms with Gasteiger partial charge in [-0.15, -0.1) is 0 Å². The number of benzene rings is 1. The first-order valence-corrected chi connectivity index (χ1v) is 6.04. The molecule has 3 heteroatoms. The maximum atomic E-state index is 9.19. The van der Waals surface area contributed by atoms with E-state index in [-0.39, 0.29) is 12.0 Å². The van der Waals surface area contributed by atoms with E-state index >= 15 is 0 Å². The highest BCUT2D eigenvalue weighted by molar-refractivity contribution is 5.51. The van der Waals surface area contributed by atoms with Gasteiger partial charge in [-0.25, -0.2) is 0 Å². The lowest BCUT2D eigenvalue weighted by atomic mass is 9.95. The fourth-order valence-electron chi connectivity index (χ4n) is 1.56. The molecule has 0 radical (unpaired) electrons. The van der Waals surface area contributed by atoms with Crippen molar-refractivity contribution in [3.8, 4) is 5.75 Å². The van der Waals surface area contributed by atoms with Crippen LogP contribution in [0.25, 0.3) is 0 Å². The summed E-state index contributed by atoms with van der Waals surface area (Å²) >= 11 is 0. The number of aliphatic hydroxyl groups is 1. The summed E-state index contributed by atoms with van der Waals surface area (Å²) < 4.78 is 5.29. The number of aryl methyl sites for hydroxylation is 1. The minimum Gasteiger partial charge on any atom is -0.496 e. The van der Waals surface area contributed by atoms with Crippen LogP contribution in [0.2, 0.25) is 0 Å². The Bertz CT molecular complexity index is 361. The van der Waals surface area contributed by atoms with Gasteiger partial charge in [-0.2, -0.15) is 0 Å². The number of methoxy groups -OCH3 is 1. The molecule has 0 aliphatic heterocycles. The van der Waals surface area contributed by atoms with E-state index in [1.54, 1.807) is 7.11 Å². The van der Waals surface area contributed by atoms with E-state index in [1.807, 2.05) is 26.0 Å². The molecule has 0 spiro atoms. The quantitative estimate of drug-likeness (QED) is 0.799. The zero-order valence-electron chi connectivity index (χ0n) is 11.2. The summed E-state index contributed by atoms with van der Waals surface area (Å²) in [5.74, 6) is 0.930. The van der Waals surface area contributed by atoms with Crippen LogP contribution in [-0.4, -0.2) is 25.4 Å². The Morgan fingerprint density at radius 3 is 2.59 bits per heavy atom. The van der Waals surface area contributed by atoms with Crippen LogP contribution >= 0.6 is 0 Å². The Morgan fingerprint density at radius 1 is 1.35 bits per heavy atom. The predicted octanol–water partition coefficient (Wildman–Crippen LogP) is 2.69. The maximum Gasteiger partial charge on any atom is 0.122 e. The van der Waals surface area contributed by atoms with Gasteiger partial charge in [0.25, 0.3) is 0 Å². The van der Waals surface area contributed by atoms with Gasteiger partial charge in [-0.3, -0.25) is 0 Å². The Labute approximate surface area is 104 Å². The van der Waals surface area contributed by atoms with Crippen LogP contribution < -0.4 is 10.1 Å². The first-order valence-electron chi connectivity index (χ1n) is 6.04. The van der Waals surface area contributed by atoms with Crippen LogP contribution in [0.4, 0.5) is 5.69 Å². The van der Waals surface area contributed by atoms with Crippen LogP contribution in [0.1, 0.15) is 26.3 Å². The van der Waals surface area contributed by atoms with Crippen molar-refractivity contribution in [1.82, 2.24) is 0 Å². The van der Waals surface area contributed by atoms with Gasteiger partial charge in [-0.1, -0.05) is 20.8 Å². The second-order valence-electron chi connectivity index (χ2n) is 5.06. The third-order valence-electron chi connectivity index (χ3n) is 2.86. The van der Waals surface area contributed by atoms with E-state index < -0.39 is 0 Å². The molecule has 0 amide bonds. The normalized spacial score (nSPS) is 11.4. The number of anilines is 1. The summed E-state index contributed by atoms with van der Waals surface area (Å²) in [6.07, 6.45) is 0.947. The second-order valence-corrected chi connectivity index (χ2v) is 5.06. The smallest absolute Gasteiger partial charge is 0.122 e. The molecule has 3 nitrogen and oxygen atoms in total. The minimum absolute atomic E-state index is 0.105. The fraction of sp³-hybridized carbons (Fsp3) is 0.571. The lowest BCUT2D eigenvalue weighted by molar-refractivity contribution is 0.171. The van der Waals surface area contributed by atoms with E-state index in [0.717, 1.165) is 24.4 Å². The van der Waals surface area contributed by atoms with Gasteiger partial charge in [0.15, 0.2) is 0 Å². The summed E-state index contributed by atoms with van der Waals surface area (Å²) in [5, 5.41) is 12.5. The van der Waals surface area contributed by atoms with Crippen LogP contribution in [0.15, 0.2) is 18.2 Å². The molecule has 2 N–H and O–H groups in total. The van der Waals surface area contributed by atoms with Gasteiger partial charge < -0.3 is 15.2 Å². The van der Waals surface area contributed by atoms with Gasteiger partial charge in [0.2, 0.25) is 0 Å². The third kappa shape index (κ3) is 3.93. The van der Waals surface area contributed by atoms with E-state index in [1.165, 1.54) is 5.56 Å². The largest absolute Gasteiger partial charge is 0.496 e. The molecule has 1 aromatic carbocycles. The third-order valence-corrected chi connectivity index (χ3v) is 2.86. The van der Waals surface area contributed by atoms with Crippen LogP contribution in [0.5, 0.6) is 5.75 Å². The summed E-state index contributed by atoms with van der Waals surface area (Å²) in [6.45, 7) is 7.10. The predicted molar refractivity (Wildman–Crippen MR) is 71.7 cm³/mol. The summed E-state index contributed by atoms with van der Waals surface area (Å²) in [4.78, 5) is 0. The lowest BCUT2D eigenvalue weighted by Gasteiger charge is -2.23. The van der Waals surface area contributed by atoms with Crippen molar-refractivity contribution in [2.45, 2.75) is 27.2 Å². The van der Waals surface area contributed by atoms with E-state index in [2.05, 4.69) is 18.3 Å². The highest BCUT2D eigenvalue weighted by atomic mass is 16.5. The molecule has 0 heterocycles. The average Bonchev–Trinajstić information content (AvgIpc) is 2.36. The zero-order valence-corrected chi connectivity index (χ0v) is 11.2. The average molecular weight is 237 g/mol. The highest BCUT2D eigenvalue weighted by Crippen LogP contribution is 2.24. The molecule has 96 valence electrons. The number of hydrogen-bond acceptors (Lipinski definition) is 3. The molecule has 0 aromatic heterocycles. The maximum absolute atomic E-state index is 9.19. The van der Waals surface area contributed by atoms with Gasteiger partial charge in [0.1, 0.15) is 5.75 Å². The molecule has 0 fully saturated rings. The van der Waals surface area contributed by atoms with Gasteiger partial charge in [-0.05, 0) is 30.2 Å². The molecule has 0 aliphatic rings. The van der Waals surface area contributed by atoms with Crippen molar-refractivity contribution in [3.05, 3.63) is 23.8 Å². The Kier molecular flexibility index (Phi) is 4.82. The van der Waals surface area contributed by atoms with Crippen molar-refractivity contribution in [3.63, 3.8) is 0 Å². The molecule has 0 saturated carbocycles. The molecule has 1 aromatic rings. The van der Waals surface area contributed by atoms with Crippen LogP contribution in [-0.2, 0) is 6.42 Å². The number of ether oxygens (including phenoxy) is 1. The summed E-state index contributed by atoms with van der Waals surface area (Å²) in [6, 6.07) is 6.09. The van der Waals surface area contributed by atoms with Crippen molar-refractivity contribution in [2.75, 3.05) is 25.6 Å². The molecular weight excluding hydrogens is 214 g/mol. The number of hydrogen-bond donors (Lipinski definition) is 2. The summed E-state index contributed by atoms with van der Waals surface area (Å²) in [7, 11) is 1.69. The van der Waals surface area contributed by atoms with Crippen LogP contribution in [0.3, 0.4) is 0 Å². The van der Waals surface area contributed by atoms with Gasteiger partial charge in [0.05, 0.1) is 7.11 Å². The minimum atomic E-state index is -0.105. The molecule has 17 heavy (non-hydrogen) atoms. The molecule has 0 aliphatic carbocycles. The van der Waals surface area contributed by atoms with Gasteiger partial charge >= 0.3 is 0 Å². The first kappa shape index (κ1) is 13.8. The summed E-state index contributed by atoms with van der Waals surface area (Å²) in [5.41, 5.74) is 2.16. The van der Waals surface area contributed by atoms with Crippen molar-refractivity contribution in [1.29, 1.82) is 0 Å². The number of nitrogens with one attached hydrogen (secondary N) is 1. The number of aliphatic hydroxyl groups excluding tert-OH is 1. The molecule has 0 bridgehead atoms. The van der Waals surface area contributed by atoms with Crippen molar-refractivity contribution in [2.24, 2.45) is 5.41 Å².